The first-order valence-corrected chi connectivity index (χ1v) is 10.0. The Hall–Kier alpha value is -0.120. The first kappa shape index (κ1) is 25.9. The van der Waals surface area contributed by atoms with Crippen LogP contribution in [0.3, 0.4) is 0 Å². The highest BCUT2D eigenvalue weighted by Crippen LogP contribution is 2.11. The molecule has 1 atom stereocenters. The molecule has 26 heavy (non-hydrogen) atoms. The third kappa shape index (κ3) is 12.3. The molecule has 0 aromatic heterocycles. The standard InChI is InChI=1S/C19H39N3O3.HI/c1-5-20-19(22-12-8-18(16(3)4)24-6-2)21-11-7-13-25-17-9-14-23-15-10-17;/h16-18H,5-15H2,1-4H3,(H2,20,21,22);1H. The van der Waals surface area contributed by atoms with E-state index in [9.17, 15) is 0 Å². The van der Waals surface area contributed by atoms with E-state index in [-0.39, 0.29) is 24.0 Å². The molecule has 0 saturated carbocycles. The first-order chi connectivity index (χ1) is 12.2. The number of aliphatic imine (C=N–C) groups is 1. The van der Waals surface area contributed by atoms with Gasteiger partial charge in [0.25, 0.3) is 0 Å². The molecule has 156 valence electrons. The lowest BCUT2D eigenvalue weighted by molar-refractivity contribution is -0.0318. The number of ether oxygens (including phenoxy) is 3. The maximum atomic E-state index is 5.88. The van der Waals surface area contributed by atoms with Crippen molar-refractivity contribution in [2.75, 3.05) is 46.1 Å². The SMILES string of the molecule is CCNC(=NCCCOC1CCOCC1)NCCC(OCC)C(C)C.I. The van der Waals surface area contributed by atoms with Crippen LogP contribution in [-0.4, -0.2) is 64.2 Å². The minimum atomic E-state index is 0. The Bertz CT molecular complexity index is 351. The van der Waals surface area contributed by atoms with Crippen LogP contribution in [-0.2, 0) is 14.2 Å². The van der Waals surface area contributed by atoms with Crippen LogP contribution in [0.25, 0.3) is 0 Å². The normalized spacial score (nSPS) is 17.0. The maximum absolute atomic E-state index is 5.88. The summed E-state index contributed by atoms with van der Waals surface area (Å²) in [5.74, 6) is 1.41. The van der Waals surface area contributed by atoms with Crippen LogP contribution in [0.4, 0.5) is 0 Å². The number of hydrogen-bond acceptors (Lipinski definition) is 4. The molecule has 1 fully saturated rings. The molecule has 0 bridgehead atoms. The van der Waals surface area contributed by atoms with E-state index < -0.39 is 0 Å². The fraction of sp³-hybridized carbons (Fsp3) is 0.947. The average Bonchev–Trinajstić information content (AvgIpc) is 2.61. The average molecular weight is 485 g/mol. The monoisotopic (exact) mass is 485 g/mol. The van der Waals surface area contributed by atoms with Gasteiger partial charge in [-0.1, -0.05) is 13.8 Å². The van der Waals surface area contributed by atoms with Gasteiger partial charge in [-0.3, -0.25) is 4.99 Å². The number of rotatable bonds is 12. The van der Waals surface area contributed by atoms with E-state index in [1.54, 1.807) is 0 Å². The molecule has 0 aliphatic carbocycles. The summed E-state index contributed by atoms with van der Waals surface area (Å²) in [6, 6.07) is 0. The molecule has 0 spiro atoms. The van der Waals surface area contributed by atoms with E-state index in [1.807, 2.05) is 0 Å². The number of guanidine groups is 1. The summed E-state index contributed by atoms with van der Waals surface area (Å²) in [5, 5.41) is 6.70. The number of nitrogens with zero attached hydrogens (tertiary/aromatic N) is 1. The van der Waals surface area contributed by atoms with Crippen molar-refractivity contribution >= 4 is 29.9 Å². The molecule has 0 aromatic rings. The molecular formula is C19H40IN3O3. The third-order valence-electron chi connectivity index (χ3n) is 4.28. The number of nitrogens with one attached hydrogen (secondary N) is 2. The second-order valence-electron chi connectivity index (χ2n) is 6.75. The lowest BCUT2D eigenvalue weighted by Crippen LogP contribution is -2.39. The summed E-state index contributed by atoms with van der Waals surface area (Å²) >= 11 is 0. The molecule has 1 rings (SSSR count). The third-order valence-corrected chi connectivity index (χ3v) is 4.28. The van der Waals surface area contributed by atoms with E-state index in [0.717, 1.165) is 77.7 Å². The van der Waals surface area contributed by atoms with Crippen molar-refractivity contribution in [1.82, 2.24) is 10.6 Å². The van der Waals surface area contributed by atoms with Crippen molar-refractivity contribution in [1.29, 1.82) is 0 Å². The number of hydrogen-bond donors (Lipinski definition) is 2. The molecule has 1 aliphatic heterocycles. The van der Waals surface area contributed by atoms with E-state index in [1.165, 1.54) is 0 Å². The lowest BCUT2D eigenvalue weighted by Gasteiger charge is -2.22. The van der Waals surface area contributed by atoms with E-state index >= 15 is 0 Å². The van der Waals surface area contributed by atoms with Gasteiger partial charge in [0.2, 0.25) is 0 Å². The van der Waals surface area contributed by atoms with Gasteiger partial charge < -0.3 is 24.8 Å². The number of halogens is 1. The van der Waals surface area contributed by atoms with Crippen LogP contribution < -0.4 is 10.6 Å². The second kappa shape index (κ2) is 17.0. The molecule has 0 radical (unpaired) electrons. The Labute approximate surface area is 177 Å². The molecule has 0 aromatic carbocycles. The van der Waals surface area contributed by atoms with Gasteiger partial charge in [-0.25, -0.2) is 0 Å². The largest absolute Gasteiger partial charge is 0.381 e. The first-order valence-electron chi connectivity index (χ1n) is 10.0. The highest BCUT2D eigenvalue weighted by Gasteiger charge is 2.14. The van der Waals surface area contributed by atoms with E-state index in [2.05, 4.69) is 43.3 Å². The van der Waals surface area contributed by atoms with E-state index in [0.29, 0.717) is 18.1 Å². The molecule has 1 unspecified atom stereocenters. The van der Waals surface area contributed by atoms with Crippen molar-refractivity contribution in [3.8, 4) is 0 Å². The maximum Gasteiger partial charge on any atom is 0.191 e. The predicted molar refractivity (Wildman–Crippen MR) is 119 cm³/mol. The Morgan fingerprint density at radius 1 is 1.19 bits per heavy atom. The van der Waals surface area contributed by atoms with Crippen molar-refractivity contribution in [2.24, 2.45) is 10.9 Å². The Morgan fingerprint density at radius 2 is 1.92 bits per heavy atom. The minimum absolute atomic E-state index is 0. The molecule has 1 heterocycles. The van der Waals surface area contributed by atoms with Gasteiger partial charge in [0.1, 0.15) is 0 Å². The summed E-state index contributed by atoms with van der Waals surface area (Å²) < 4.78 is 17.0. The summed E-state index contributed by atoms with van der Waals surface area (Å²) in [7, 11) is 0. The van der Waals surface area contributed by atoms with Crippen LogP contribution in [0.5, 0.6) is 0 Å². The molecule has 1 aliphatic rings. The van der Waals surface area contributed by atoms with Crippen LogP contribution in [0.2, 0.25) is 0 Å². The Kier molecular flexibility index (Phi) is 16.9. The Morgan fingerprint density at radius 3 is 2.54 bits per heavy atom. The van der Waals surface area contributed by atoms with Crippen molar-refractivity contribution in [3.05, 3.63) is 0 Å². The fourth-order valence-corrected chi connectivity index (χ4v) is 2.85. The molecule has 0 amide bonds. The van der Waals surface area contributed by atoms with Gasteiger partial charge >= 0.3 is 0 Å². The highest BCUT2D eigenvalue weighted by atomic mass is 127. The molecule has 2 N–H and O–H groups in total. The van der Waals surface area contributed by atoms with Crippen molar-refractivity contribution in [3.63, 3.8) is 0 Å². The summed E-state index contributed by atoms with van der Waals surface area (Å²) in [6.07, 6.45) is 4.64. The zero-order chi connectivity index (χ0) is 18.3. The van der Waals surface area contributed by atoms with Crippen molar-refractivity contribution in [2.45, 2.75) is 65.6 Å². The Balaban J connectivity index is 0.00000625. The predicted octanol–water partition coefficient (Wildman–Crippen LogP) is 3.20. The molecule has 1 saturated heterocycles. The smallest absolute Gasteiger partial charge is 0.191 e. The van der Waals surface area contributed by atoms with E-state index in [4.69, 9.17) is 14.2 Å². The molecular weight excluding hydrogens is 445 g/mol. The quantitative estimate of drug-likeness (QED) is 0.193. The van der Waals surface area contributed by atoms with Crippen LogP contribution in [0.15, 0.2) is 4.99 Å². The van der Waals surface area contributed by atoms with Crippen LogP contribution >= 0.6 is 24.0 Å². The topological polar surface area (TPSA) is 64.1 Å². The molecule has 6 nitrogen and oxygen atoms in total. The molecule has 7 heteroatoms. The summed E-state index contributed by atoms with van der Waals surface area (Å²) in [5.41, 5.74) is 0. The van der Waals surface area contributed by atoms with Gasteiger partial charge in [-0.2, -0.15) is 0 Å². The van der Waals surface area contributed by atoms with Gasteiger partial charge in [-0.05, 0) is 45.4 Å². The van der Waals surface area contributed by atoms with Gasteiger partial charge in [0, 0.05) is 46.1 Å². The summed E-state index contributed by atoms with van der Waals surface area (Å²) in [4.78, 5) is 4.63. The van der Waals surface area contributed by atoms with Crippen LogP contribution in [0.1, 0.15) is 53.4 Å². The van der Waals surface area contributed by atoms with Crippen molar-refractivity contribution < 1.29 is 14.2 Å². The zero-order valence-corrected chi connectivity index (χ0v) is 19.4. The van der Waals surface area contributed by atoms with Gasteiger partial charge in [0.15, 0.2) is 5.96 Å². The second-order valence-corrected chi connectivity index (χ2v) is 6.75. The highest BCUT2D eigenvalue weighted by molar-refractivity contribution is 14.0. The van der Waals surface area contributed by atoms with Crippen LogP contribution in [0, 0.1) is 5.92 Å². The lowest BCUT2D eigenvalue weighted by atomic mass is 10.0. The minimum Gasteiger partial charge on any atom is -0.381 e. The fourth-order valence-electron chi connectivity index (χ4n) is 2.85. The van der Waals surface area contributed by atoms with Gasteiger partial charge in [-0.15, -0.1) is 24.0 Å². The zero-order valence-electron chi connectivity index (χ0n) is 17.1. The summed E-state index contributed by atoms with van der Waals surface area (Å²) in [6.45, 7) is 14.3. The van der Waals surface area contributed by atoms with Gasteiger partial charge in [0.05, 0.1) is 12.2 Å².